The van der Waals surface area contributed by atoms with Crippen LogP contribution in [0, 0.1) is 0 Å². The number of allylic oxidation sites excluding steroid dienone is 2. The van der Waals surface area contributed by atoms with Crippen LogP contribution in [0.4, 0.5) is 0 Å². The smallest absolute Gasteiger partial charge is 1.00 e. The number of fused-ring (bicyclic) bond motifs is 2. The summed E-state index contributed by atoms with van der Waals surface area (Å²) in [7, 11) is 0. The molecule has 23 heavy (non-hydrogen) atoms. The van der Waals surface area contributed by atoms with Crippen LogP contribution in [-0.4, -0.2) is 0 Å². The molecule has 0 N–H and O–H groups in total. The van der Waals surface area contributed by atoms with E-state index in [1.807, 2.05) is 0 Å². The Labute approximate surface area is 170 Å². The molecule has 2 aromatic rings. The zero-order valence-corrected chi connectivity index (χ0v) is 17.4. The Balaban J connectivity index is 0.000000960. The SMILES string of the molecule is ClC1=Cc2ccccc2[CH]1[Zr+2][CH]1C(Cl)=Cc2ccccc21.[Cl-].[Cl-]. The van der Waals surface area contributed by atoms with E-state index in [0.29, 0.717) is 7.25 Å². The van der Waals surface area contributed by atoms with E-state index in [2.05, 4.69) is 60.7 Å². The number of halogens is 4. The van der Waals surface area contributed by atoms with Crippen LogP contribution in [0.5, 0.6) is 0 Å². The number of hydrogen-bond donors (Lipinski definition) is 0. The van der Waals surface area contributed by atoms with Gasteiger partial charge in [0.05, 0.1) is 0 Å². The summed E-state index contributed by atoms with van der Waals surface area (Å²) in [6.07, 6.45) is 4.25. The molecule has 0 aliphatic heterocycles. The minimum atomic E-state index is -0.880. The van der Waals surface area contributed by atoms with Crippen LogP contribution in [0.15, 0.2) is 58.6 Å². The first-order valence-corrected chi connectivity index (χ1v) is 10.5. The van der Waals surface area contributed by atoms with Crippen molar-refractivity contribution in [3.63, 3.8) is 0 Å². The predicted octanol–water partition coefficient (Wildman–Crippen LogP) is -0.254. The molecule has 0 nitrogen and oxygen atoms in total. The Kier molecular flexibility index (Phi) is 6.62. The van der Waals surface area contributed by atoms with Crippen LogP contribution in [0.3, 0.4) is 0 Å². The van der Waals surface area contributed by atoms with Crippen molar-refractivity contribution in [1.82, 2.24) is 0 Å². The van der Waals surface area contributed by atoms with E-state index in [0.717, 1.165) is 10.1 Å². The summed E-state index contributed by atoms with van der Waals surface area (Å²) in [6, 6.07) is 17.1. The van der Waals surface area contributed by atoms with Crippen molar-refractivity contribution in [2.45, 2.75) is 7.25 Å². The molecule has 0 heterocycles. The van der Waals surface area contributed by atoms with Crippen molar-refractivity contribution < 1.29 is 48.0 Å². The van der Waals surface area contributed by atoms with Crippen LogP contribution >= 0.6 is 23.2 Å². The van der Waals surface area contributed by atoms with Gasteiger partial charge in [0, 0.05) is 0 Å². The van der Waals surface area contributed by atoms with E-state index in [4.69, 9.17) is 23.2 Å². The molecule has 0 spiro atoms. The van der Waals surface area contributed by atoms with Crippen molar-refractivity contribution >= 4 is 35.4 Å². The second-order valence-electron chi connectivity index (χ2n) is 5.35. The topological polar surface area (TPSA) is 0 Å². The fraction of sp³-hybridized carbons (Fsp3) is 0.111. The van der Waals surface area contributed by atoms with Gasteiger partial charge in [0.25, 0.3) is 0 Å². The third-order valence-electron chi connectivity index (χ3n) is 4.09. The number of rotatable bonds is 2. The summed E-state index contributed by atoms with van der Waals surface area (Å²) in [5, 5.41) is 1.99. The Morgan fingerprint density at radius 3 is 1.48 bits per heavy atom. The summed E-state index contributed by atoms with van der Waals surface area (Å²) >= 11 is 12.2. The second kappa shape index (κ2) is 7.90. The van der Waals surface area contributed by atoms with Gasteiger partial charge >= 0.3 is 147 Å². The molecule has 2 unspecified atom stereocenters. The molecule has 0 saturated heterocycles. The average molecular weight is 461 g/mol. The van der Waals surface area contributed by atoms with Crippen LogP contribution in [-0.2, 0) is 23.2 Å². The van der Waals surface area contributed by atoms with E-state index in [1.54, 1.807) is 0 Å². The maximum Gasteiger partial charge on any atom is -1.00 e. The zero-order chi connectivity index (χ0) is 14.4. The van der Waals surface area contributed by atoms with E-state index < -0.39 is 23.2 Å². The minimum Gasteiger partial charge on any atom is -1.00 e. The van der Waals surface area contributed by atoms with Gasteiger partial charge in [0.2, 0.25) is 0 Å². The molecule has 0 aromatic heterocycles. The summed E-state index contributed by atoms with van der Waals surface area (Å²) in [5.41, 5.74) is 5.34. The average Bonchev–Trinajstić information content (AvgIpc) is 2.97. The summed E-state index contributed by atoms with van der Waals surface area (Å²) in [4.78, 5) is 0. The predicted molar refractivity (Wildman–Crippen MR) is 86.0 cm³/mol. The second-order valence-corrected chi connectivity index (χ2v) is 9.88. The van der Waals surface area contributed by atoms with Crippen molar-refractivity contribution in [2.24, 2.45) is 0 Å². The first-order valence-electron chi connectivity index (χ1n) is 6.92. The van der Waals surface area contributed by atoms with Gasteiger partial charge < -0.3 is 24.8 Å². The van der Waals surface area contributed by atoms with Crippen LogP contribution in [0.25, 0.3) is 12.2 Å². The first-order chi connectivity index (χ1) is 10.2. The van der Waals surface area contributed by atoms with Crippen LogP contribution in [0.1, 0.15) is 29.5 Å². The van der Waals surface area contributed by atoms with Crippen molar-refractivity contribution in [1.29, 1.82) is 0 Å². The molecule has 0 saturated carbocycles. The molecule has 2 aromatic carbocycles. The molecular weight excluding hydrogens is 449 g/mol. The molecule has 0 amide bonds. The third-order valence-corrected chi connectivity index (χ3v) is 10.3. The van der Waals surface area contributed by atoms with Crippen molar-refractivity contribution in [3.8, 4) is 0 Å². The fourth-order valence-electron chi connectivity index (χ4n) is 3.08. The standard InChI is InChI=1S/2C9H6Cl.2ClH.Zr/c2*10-9-5-7-3-1-2-4-8(7)6-9;;;/h2*1-6H;2*1H;/q;;;;+2/p-2. The van der Waals surface area contributed by atoms with E-state index in [1.165, 1.54) is 22.3 Å². The van der Waals surface area contributed by atoms with Crippen LogP contribution in [0.2, 0.25) is 0 Å². The third kappa shape index (κ3) is 3.51. The van der Waals surface area contributed by atoms with E-state index in [9.17, 15) is 0 Å². The maximum atomic E-state index is 6.54. The Hall–Kier alpha value is -0.0369. The largest absolute Gasteiger partial charge is 1.00 e. The summed E-state index contributed by atoms with van der Waals surface area (Å²) in [6.45, 7) is 0. The quantitative estimate of drug-likeness (QED) is 0.579. The van der Waals surface area contributed by atoms with Crippen LogP contribution < -0.4 is 24.8 Å². The van der Waals surface area contributed by atoms with Gasteiger partial charge in [-0.15, -0.1) is 0 Å². The summed E-state index contributed by atoms with van der Waals surface area (Å²) in [5.74, 6) is 0. The van der Waals surface area contributed by atoms with Gasteiger partial charge in [-0.2, -0.15) is 0 Å². The van der Waals surface area contributed by atoms with Gasteiger partial charge in [0.15, 0.2) is 0 Å². The normalized spacial score (nSPS) is 20.3. The van der Waals surface area contributed by atoms with Crippen molar-refractivity contribution in [3.05, 3.63) is 80.8 Å². The van der Waals surface area contributed by atoms with Gasteiger partial charge in [-0.25, -0.2) is 0 Å². The van der Waals surface area contributed by atoms with E-state index >= 15 is 0 Å². The zero-order valence-electron chi connectivity index (χ0n) is 11.9. The molecule has 0 bridgehead atoms. The maximum absolute atomic E-state index is 6.54. The Morgan fingerprint density at radius 2 is 1.04 bits per heavy atom. The van der Waals surface area contributed by atoms with Gasteiger partial charge in [0.1, 0.15) is 0 Å². The van der Waals surface area contributed by atoms with Gasteiger partial charge in [-0.05, 0) is 0 Å². The molecule has 2 atom stereocenters. The molecule has 0 radical (unpaired) electrons. The number of benzene rings is 2. The molecule has 5 heteroatoms. The number of hydrogen-bond acceptors (Lipinski definition) is 0. The molecule has 116 valence electrons. The fourth-order valence-corrected chi connectivity index (χ4v) is 8.48. The van der Waals surface area contributed by atoms with Gasteiger partial charge in [-0.1, -0.05) is 0 Å². The van der Waals surface area contributed by atoms with E-state index in [-0.39, 0.29) is 24.8 Å². The Morgan fingerprint density at radius 1 is 0.652 bits per heavy atom. The minimum absolute atomic E-state index is 0. The monoisotopic (exact) mass is 458 g/mol. The molecular formula is C18H12Cl4Zr. The Bertz CT molecular complexity index is 717. The molecule has 2 aliphatic rings. The van der Waals surface area contributed by atoms with Gasteiger partial charge in [-0.3, -0.25) is 0 Å². The first kappa shape index (κ1) is 19.3. The van der Waals surface area contributed by atoms with Crippen molar-refractivity contribution in [2.75, 3.05) is 0 Å². The molecule has 2 aliphatic carbocycles. The molecule has 0 fully saturated rings. The molecule has 4 rings (SSSR count). The summed E-state index contributed by atoms with van der Waals surface area (Å²) < 4.78 is 0.842.